The number of nitrogen functional groups attached to an aromatic ring is 1. The lowest BCUT2D eigenvalue weighted by Gasteiger charge is -2.19. The van der Waals surface area contributed by atoms with Gasteiger partial charge in [-0.25, -0.2) is 4.79 Å². The van der Waals surface area contributed by atoms with Crippen LogP contribution in [0.5, 0.6) is 0 Å². The highest BCUT2D eigenvalue weighted by Gasteiger charge is 2.40. The topological polar surface area (TPSA) is 99.2 Å². The van der Waals surface area contributed by atoms with E-state index >= 15 is 0 Å². The first kappa shape index (κ1) is 18.7. The van der Waals surface area contributed by atoms with Crippen LogP contribution in [-0.2, 0) is 4.74 Å². The van der Waals surface area contributed by atoms with Crippen molar-refractivity contribution in [1.82, 2.24) is 15.1 Å². The van der Waals surface area contributed by atoms with Crippen LogP contribution in [0.2, 0.25) is 0 Å². The highest BCUT2D eigenvalue weighted by molar-refractivity contribution is 6.03. The molecule has 0 aliphatic carbocycles. The quantitative estimate of drug-likeness (QED) is 0.649. The number of carbonyl (C=O) groups is 2. The van der Waals surface area contributed by atoms with Gasteiger partial charge in [0.1, 0.15) is 11.3 Å². The van der Waals surface area contributed by atoms with Crippen LogP contribution in [0.25, 0.3) is 11.3 Å². The Morgan fingerprint density at radius 3 is 2.52 bits per heavy atom. The number of amides is 1. The van der Waals surface area contributed by atoms with Crippen molar-refractivity contribution >= 4 is 17.7 Å². The number of nitrogens with two attached hydrogens (primary N) is 1. The maximum absolute atomic E-state index is 12.9. The maximum atomic E-state index is 12.9. The summed E-state index contributed by atoms with van der Waals surface area (Å²) in [6.07, 6.45) is -0.695. The van der Waals surface area contributed by atoms with Gasteiger partial charge in [0.15, 0.2) is 0 Å². The third kappa shape index (κ3) is 3.47. The first-order valence-electron chi connectivity index (χ1n) is 9.32. The summed E-state index contributed by atoms with van der Waals surface area (Å²) in [5, 5.41) is 7.43. The molecule has 1 amide bonds. The standard InChI is InChI=1S/C22H22N4O3/c1-22(2,3)29-21(28)26-19-16(18(25-26)13-8-5-4-6-9-13)17(24-20(19)27)14-10-7-11-15(23)12-14/h4-12,17H,23H2,1-3H3,(H,24,27). The van der Waals surface area contributed by atoms with Crippen molar-refractivity contribution < 1.29 is 14.3 Å². The molecule has 0 radical (unpaired) electrons. The zero-order chi connectivity index (χ0) is 20.8. The van der Waals surface area contributed by atoms with E-state index in [0.29, 0.717) is 16.9 Å². The van der Waals surface area contributed by atoms with Crippen molar-refractivity contribution in [3.8, 4) is 11.3 Å². The number of carbonyl (C=O) groups excluding carboxylic acids is 2. The highest BCUT2D eigenvalue weighted by atomic mass is 16.6. The molecule has 1 aliphatic rings. The van der Waals surface area contributed by atoms with Gasteiger partial charge < -0.3 is 15.8 Å². The maximum Gasteiger partial charge on any atom is 0.435 e. The minimum Gasteiger partial charge on any atom is -0.442 e. The van der Waals surface area contributed by atoms with Crippen molar-refractivity contribution in [1.29, 1.82) is 0 Å². The van der Waals surface area contributed by atoms with Gasteiger partial charge in [0.25, 0.3) is 5.91 Å². The first-order chi connectivity index (χ1) is 13.7. The van der Waals surface area contributed by atoms with E-state index in [1.54, 1.807) is 32.9 Å². The molecule has 3 N–H and O–H groups in total. The lowest BCUT2D eigenvalue weighted by atomic mass is 9.96. The summed E-state index contributed by atoms with van der Waals surface area (Å²) >= 11 is 0. The fourth-order valence-electron chi connectivity index (χ4n) is 3.43. The van der Waals surface area contributed by atoms with Crippen molar-refractivity contribution in [3.63, 3.8) is 0 Å². The van der Waals surface area contributed by atoms with Crippen molar-refractivity contribution in [2.75, 3.05) is 5.73 Å². The molecule has 1 unspecified atom stereocenters. The van der Waals surface area contributed by atoms with Crippen LogP contribution in [0.4, 0.5) is 10.5 Å². The van der Waals surface area contributed by atoms with Gasteiger partial charge in [0, 0.05) is 16.8 Å². The Morgan fingerprint density at radius 2 is 1.86 bits per heavy atom. The molecule has 7 nitrogen and oxygen atoms in total. The smallest absolute Gasteiger partial charge is 0.435 e. The Hall–Kier alpha value is -3.61. The summed E-state index contributed by atoms with van der Waals surface area (Å²) in [6.45, 7) is 5.30. The van der Waals surface area contributed by atoms with Gasteiger partial charge in [-0.1, -0.05) is 42.5 Å². The van der Waals surface area contributed by atoms with Gasteiger partial charge in [0.05, 0.1) is 11.7 Å². The summed E-state index contributed by atoms with van der Waals surface area (Å²) in [5.41, 5.74) is 8.81. The number of hydrogen-bond acceptors (Lipinski definition) is 5. The SMILES string of the molecule is CC(C)(C)OC(=O)n1nc(-c2ccccc2)c2c1C(=O)NC2c1cccc(N)c1. The van der Waals surface area contributed by atoms with Gasteiger partial charge in [-0.15, -0.1) is 0 Å². The lowest BCUT2D eigenvalue weighted by Crippen LogP contribution is -2.30. The molecular formula is C22H22N4O3. The molecular weight excluding hydrogens is 368 g/mol. The number of aromatic nitrogens is 2. The molecule has 3 aromatic rings. The van der Waals surface area contributed by atoms with E-state index in [9.17, 15) is 9.59 Å². The fourth-order valence-corrected chi connectivity index (χ4v) is 3.43. The molecule has 29 heavy (non-hydrogen) atoms. The highest BCUT2D eigenvalue weighted by Crippen LogP contribution is 2.38. The molecule has 1 aromatic heterocycles. The van der Waals surface area contributed by atoms with E-state index in [0.717, 1.165) is 15.8 Å². The number of ether oxygens (including phenoxy) is 1. The minimum absolute atomic E-state index is 0.186. The molecule has 148 valence electrons. The third-order valence-electron chi connectivity index (χ3n) is 4.56. The number of fused-ring (bicyclic) bond motifs is 1. The summed E-state index contributed by atoms with van der Waals surface area (Å²) in [4.78, 5) is 25.6. The zero-order valence-corrected chi connectivity index (χ0v) is 16.5. The van der Waals surface area contributed by atoms with Gasteiger partial charge in [-0.05, 0) is 38.5 Å². The Morgan fingerprint density at radius 1 is 1.14 bits per heavy atom. The molecule has 2 heterocycles. The third-order valence-corrected chi connectivity index (χ3v) is 4.56. The number of nitrogens with one attached hydrogen (secondary N) is 1. The second-order valence-corrected chi connectivity index (χ2v) is 7.95. The number of benzene rings is 2. The normalized spacial score (nSPS) is 15.7. The van der Waals surface area contributed by atoms with E-state index < -0.39 is 17.7 Å². The average molecular weight is 390 g/mol. The van der Waals surface area contributed by atoms with E-state index in [2.05, 4.69) is 10.4 Å². The molecule has 0 bridgehead atoms. The number of rotatable bonds is 2. The summed E-state index contributed by atoms with van der Waals surface area (Å²) in [7, 11) is 0. The molecule has 1 atom stereocenters. The Balaban J connectivity index is 1.91. The lowest BCUT2D eigenvalue weighted by molar-refractivity contribution is 0.0504. The minimum atomic E-state index is -0.717. The summed E-state index contributed by atoms with van der Waals surface area (Å²) in [5.74, 6) is -0.382. The van der Waals surface area contributed by atoms with Crippen LogP contribution in [0.3, 0.4) is 0 Å². The Bertz CT molecular complexity index is 1100. The van der Waals surface area contributed by atoms with Gasteiger partial charge >= 0.3 is 6.09 Å². The molecule has 4 rings (SSSR count). The molecule has 0 saturated heterocycles. The average Bonchev–Trinajstić information content (AvgIpc) is 3.20. The van der Waals surface area contributed by atoms with Crippen LogP contribution in [0.1, 0.15) is 48.4 Å². The predicted molar refractivity (Wildman–Crippen MR) is 109 cm³/mol. The summed E-state index contributed by atoms with van der Waals surface area (Å²) < 4.78 is 6.53. The van der Waals surface area contributed by atoms with Gasteiger partial charge in [-0.3, -0.25) is 4.79 Å². The molecule has 0 spiro atoms. The van der Waals surface area contributed by atoms with Crippen molar-refractivity contribution in [3.05, 3.63) is 71.4 Å². The second-order valence-electron chi connectivity index (χ2n) is 7.95. The fraction of sp³-hybridized carbons (Fsp3) is 0.227. The van der Waals surface area contributed by atoms with Crippen LogP contribution in [-0.4, -0.2) is 27.4 Å². The molecule has 0 saturated carbocycles. The molecule has 1 aliphatic heterocycles. The monoisotopic (exact) mass is 390 g/mol. The Labute approximate surface area is 168 Å². The molecule has 2 aromatic carbocycles. The number of anilines is 1. The van der Waals surface area contributed by atoms with Gasteiger partial charge in [0.2, 0.25) is 0 Å². The van der Waals surface area contributed by atoms with E-state index in [4.69, 9.17) is 10.5 Å². The van der Waals surface area contributed by atoms with E-state index in [-0.39, 0.29) is 11.6 Å². The van der Waals surface area contributed by atoms with Crippen LogP contribution < -0.4 is 11.1 Å². The van der Waals surface area contributed by atoms with Crippen LogP contribution in [0.15, 0.2) is 54.6 Å². The zero-order valence-electron chi connectivity index (χ0n) is 16.5. The van der Waals surface area contributed by atoms with E-state index in [1.165, 1.54) is 0 Å². The largest absolute Gasteiger partial charge is 0.442 e. The molecule has 7 heteroatoms. The molecule has 0 fully saturated rings. The van der Waals surface area contributed by atoms with Crippen molar-refractivity contribution in [2.24, 2.45) is 0 Å². The van der Waals surface area contributed by atoms with E-state index in [1.807, 2.05) is 42.5 Å². The van der Waals surface area contributed by atoms with Gasteiger partial charge in [-0.2, -0.15) is 9.78 Å². The van der Waals surface area contributed by atoms with Crippen molar-refractivity contribution in [2.45, 2.75) is 32.4 Å². The summed E-state index contributed by atoms with van der Waals surface area (Å²) in [6, 6.07) is 16.3. The first-order valence-corrected chi connectivity index (χ1v) is 9.32. The van der Waals surface area contributed by atoms with Crippen LogP contribution in [0, 0.1) is 0 Å². The second kappa shape index (κ2) is 6.77. The number of hydrogen-bond donors (Lipinski definition) is 2. The predicted octanol–water partition coefficient (Wildman–Crippen LogP) is 3.75. The Kier molecular flexibility index (Phi) is 4.38. The van der Waals surface area contributed by atoms with Crippen LogP contribution >= 0.6 is 0 Å². The number of nitrogens with zero attached hydrogens (tertiary/aromatic N) is 2.